The maximum Gasteiger partial charge on any atom is 0.227 e. The van der Waals surface area contributed by atoms with Gasteiger partial charge in [-0.1, -0.05) is 25.4 Å². The molecule has 2 rings (SSSR count). The Morgan fingerprint density at radius 1 is 1.15 bits per heavy atom. The minimum Gasteiger partial charge on any atom is -0.495 e. The Hall–Kier alpha value is -1.75. The smallest absolute Gasteiger partial charge is 0.227 e. The molecule has 0 atom stereocenters. The van der Waals surface area contributed by atoms with Crippen molar-refractivity contribution in [3.05, 3.63) is 22.7 Å². The van der Waals surface area contributed by atoms with E-state index in [9.17, 15) is 9.59 Å². The van der Waals surface area contributed by atoms with Crippen molar-refractivity contribution in [2.45, 2.75) is 46.5 Å². The summed E-state index contributed by atoms with van der Waals surface area (Å²) in [7, 11) is 1.55. The molecule has 2 N–H and O–H groups in total. The molecule has 0 bridgehead atoms. The van der Waals surface area contributed by atoms with E-state index < -0.39 is 0 Å². The second-order valence-corrected chi connectivity index (χ2v) is 7.89. The first-order chi connectivity index (χ1) is 12.3. The third-order valence-electron chi connectivity index (χ3n) is 4.89. The highest BCUT2D eigenvalue weighted by atomic mass is 35.5. The number of nitrogens with one attached hydrogen (secondary N) is 2. The fraction of sp³-hybridized carbons (Fsp3) is 0.600. The molecule has 1 aliphatic rings. The Bertz CT molecular complexity index is 653. The minimum atomic E-state index is -0.0789. The van der Waals surface area contributed by atoms with E-state index in [-0.39, 0.29) is 23.7 Å². The number of anilines is 1. The van der Waals surface area contributed by atoms with Crippen LogP contribution in [0.4, 0.5) is 5.69 Å². The molecule has 26 heavy (non-hydrogen) atoms. The normalized spacial score (nSPS) is 19.9. The average molecular weight is 381 g/mol. The van der Waals surface area contributed by atoms with Gasteiger partial charge in [0.15, 0.2) is 0 Å². The summed E-state index contributed by atoms with van der Waals surface area (Å²) in [6.07, 6.45) is 2.94. The van der Waals surface area contributed by atoms with Crippen LogP contribution in [0.15, 0.2) is 12.1 Å². The van der Waals surface area contributed by atoms with Gasteiger partial charge in [0.2, 0.25) is 11.8 Å². The summed E-state index contributed by atoms with van der Waals surface area (Å²) in [6, 6.07) is 3.53. The maximum atomic E-state index is 12.6. The highest BCUT2D eigenvalue weighted by molar-refractivity contribution is 6.31. The average Bonchev–Trinajstić information content (AvgIpc) is 2.62. The van der Waals surface area contributed by atoms with Gasteiger partial charge >= 0.3 is 0 Å². The van der Waals surface area contributed by atoms with Crippen LogP contribution in [0.2, 0.25) is 5.02 Å². The molecule has 0 spiro atoms. The van der Waals surface area contributed by atoms with Gasteiger partial charge in [-0.15, -0.1) is 0 Å². The van der Waals surface area contributed by atoms with Gasteiger partial charge in [0.1, 0.15) is 5.75 Å². The van der Waals surface area contributed by atoms with Crippen molar-refractivity contribution in [1.82, 2.24) is 5.32 Å². The van der Waals surface area contributed by atoms with E-state index in [4.69, 9.17) is 16.3 Å². The molecule has 5 nitrogen and oxygen atoms in total. The van der Waals surface area contributed by atoms with Gasteiger partial charge in [-0.05, 0) is 50.2 Å². The molecule has 0 aliphatic heterocycles. The van der Waals surface area contributed by atoms with E-state index >= 15 is 0 Å². The fourth-order valence-electron chi connectivity index (χ4n) is 3.23. The van der Waals surface area contributed by atoms with Gasteiger partial charge in [-0.2, -0.15) is 0 Å². The predicted octanol–water partition coefficient (Wildman–Crippen LogP) is 4.17. The van der Waals surface area contributed by atoms with Crippen LogP contribution in [0.25, 0.3) is 0 Å². The van der Waals surface area contributed by atoms with Crippen molar-refractivity contribution >= 4 is 29.1 Å². The summed E-state index contributed by atoms with van der Waals surface area (Å²) >= 11 is 6.11. The van der Waals surface area contributed by atoms with Gasteiger partial charge in [-0.25, -0.2) is 0 Å². The number of aryl methyl sites for hydroxylation is 1. The largest absolute Gasteiger partial charge is 0.495 e. The Balaban J connectivity index is 1.91. The van der Waals surface area contributed by atoms with Crippen LogP contribution in [0, 0.1) is 24.7 Å². The number of carbonyl (C=O) groups is 2. The minimum absolute atomic E-state index is 0.0186. The number of halogens is 1. The first-order valence-electron chi connectivity index (χ1n) is 9.24. The number of methoxy groups -OCH3 is 1. The zero-order valence-corrected chi connectivity index (χ0v) is 16.8. The molecular formula is C20H29ClN2O3. The van der Waals surface area contributed by atoms with Crippen LogP contribution < -0.4 is 15.4 Å². The van der Waals surface area contributed by atoms with E-state index in [0.717, 1.165) is 31.2 Å². The van der Waals surface area contributed by atoms with Crippen molar-refractivity contribution < 1.29 is 14.3 Å². The van der Waals surface area contributed by atoms with E-state index in [1.54, 1.807) is 13.2 Å². The standard InChI is InChI=1S/C20H29ClN2O3/c1-12(2)11-22-19(24)14-5-7-15(8-6-14)20(25)23-17-9-13(3)16(21)10-18(17)26-4/h9-10,12,14-15H,5-8,11H2,1-4H3,(H,22,24)(H,23,25). The highest BCUT2D eigenvalue weighted by Crippen LogP contribution is 2.33. The van der Waals surface area contributed by atoms with Crippen molar-refractivity contribution in [1.29, 1.82) is 0 Å². The molecule has 6 heteroatoms. The molecule has 0 unspecified atom stereocenters. The van der Waals surface area contributed by atoms with Crippen molar-refractivity contribution in [2.24, 2.45) is 17.8 Å². The first kappa shape index (κ1) is 20.6. The molecule has 1 aromatic rings. The summed E-state index contributed by atoms with van der Waals surface area (Å²) in [5.74, 6) is 1.03. The summed E-state index contributed by atoms with van der Waals surface area (Å²) in [6.45, 7) is 6.75. The molecular weight excluding hydrogens is 352 g/mol. The van der Waals surface area contributed by atoms with Crippen molar-refractivity contribution in [3.63, 3.8) is 0 Å². The fourth-order valence-corrected chi connectivity index (χ4v) is 3.39. The van der Waals surface area contributed by atoms with Crippen molar-refractivity contribution in [2.75, 3.05) is 19.0 Å². The quantitative estimate of drug-likeness (QED) is 0.778. The molecule has 0 saturated heterocycles. The number of carbonyl (C=O) groups excluding carboxylic acids is 2. The SMILES string of the molecule is COc1cc(Cl)c(C)cc1NC(=O)C1CCC(C(=O)NCC(C)C)CC1. The monoisotopic (exact) mass is 380 g/mol. The highest BCUT2D eigenvalue weighted by Gasteiger charge is 2.30. The van der Waals surface area contributed by atoms with E-state index in [0.29, 0.717) is 28.9 Å². The van der Waals surface area contributed by atoms with Crippen LogP contribution in [0.3, 0.4) is 0 Å². The van der Waals surface area contributed by atoms with Gasteiger partial charge in [0, 0.05) is 29.5 Å². The van der Waals surface area contributed by atoms with E-state index in [2.05, 4.69) is 24.5 Å². The zero-order chi connectivity index (χ0) is 19.3. The van der Waals surface area contributed by atoms with Crippen LogP contribution in [-0.2, 0) is 9.59 Å². The number of amides is 2. The van der Waals surface area contributed by atoms with Gasteiger partial charge < -0.3 is 15.4 Å². The summed E-state index contributed by atoms with van der Waals surface area (Å²) in [4.78, 5) is 24.8. The van der Waals surface area contributed by atoms with E-state index in [1.165, 1.54) is 0 Å². The van der Waals surface area contributed by atoms with Crippen LogP contribution >= 0.6 is 11.6 Å². The molecule has 1 aromatic carbocycles. The lowest BCUT2D eigenvalue weighted by molar-refractivity contribution is -0.128. The second kappa shape index (κ2) is 9.26. The first-order valence-corrected chi connectivity index (χ1v) is 9.62. The van der Waals surface area contributed by atoms with Crippen molar-refractivity contribution in [3.8, 4) is 5.75 Å². The van der Waals surface area contributed by atoms with Crippen LogP contribution in [-0.4, -0.2) is 25.5 Å². The Kier molecular flexibility index (Phi) is 7.33. The summed E-state index contributed by atoms with van der Waals surface area (Å²) in [5.41, 5.74) is 1.52. The number of ether oxygens (including phenoxy) is 1. The van der Waals surface area contributed by atoms with Gasteiger partial charge in [0.05, 0.1) is 12.8 Å². The number of rotatable bonds is 6. The second-order valence-electron chi connectivity index (χ2n) is 7.48. The van der Waals surface area contributed by atoms with Crippen LogP contribution in [0.1, 0.15) is 45.1 Å². The molecule has 1 aliphatic carbocycles. The van der Waals surface area contributed by atoms with E-state index in [1.807, 2.05) is 13.0 Å². The Morgan fingerprint density at radius 3 is 2.27 bits per heavy atom. The Morgan fingerprint density at radius 2 is 1.73 bits per heavy atom. The molecule has 2 amide bonds. The summed E-state index contributed by atoms with van der Waals surface area (Å²) < 4.78 is 5.31. The Labute approximate surface area is 160 Å². The molecule has 0 radical (unpaired) electrons. The lowest BCUT2D eigenvalue weighted by Gasteiger charge is -2.27. The lowest BCUT2D eigenvalue weighted by atomic mass is 9.81. The third kappa shape index (κ3) is 5.37. The molecule has 1 fully saturated rings. The number of benzene rings is 1. The third-order valence-corrected chi connectivity index (χ3v) is 5.30. The summed E-state index contributed by atoms with van der Waals surface area (Å²) in [5, 5.41) is 6.56. The van der Waals surface area contributed by atoms with Crippen LogP contribution in [0.5, 0.6) is 5.75 Å². The number of hydrogen-bond acceptors (Lipinski definition) is 3. The van der Waals surface area contributed by atoms with Gasteiger partial charge in [-0.3, -0.25) is 9.59 Å². The maximum absolute atomic E-state index is 12.6. The van der Waals surface area contributed by atoms with Gasteiger partial charge in [0.25, 0.3) is 0 Å². The number of hydrogen-bond donors (Lipinski definition) is 2. The molecule has 0 aromatic heterocycles. The molecule has 1 saturated carbocycles. The zero-order valence-electron chi connectivity index (χ0n) is 16.0. The predicted molar refractivity (Wildman–Crippen MR) is 105 cm³/mol. The molecule has 0 heterocycles. The topological polar surface area (TPSA) is 67.4 Å². The lowest BCUT2D eigenvalue weighted by Crippen LogP contribution is -2.37. The molecule has 144 valence electrons.